The Hall–Kier alpha value is -2.56. The van der Waals surface area contributed by atoms with Gasteiger partial charge >= 0.3 is 0 Å². The van der Waals surface area contributed by atoms with Crippen LogP contribution in [0.4, 0.5) is 15.8 Å². The molecule has 31 heavy (non-hydrogen) atoms. The Morgan fingerprint density at radius 1 is 1.23 bits per heavy atom. The summed E-state index contributed by atoms with van der Waals surface area (Å²) in [5, 5.41) is 9.30. The van der Waals surface area contributed by atoms with Gasteiger partial charge in [0.25, 0.3) is 0 Å². The Morgan fingerprint density at radius 2 is 1.97 bits per heavy atom. The fourth-order valence-corrected chi connectivity index (χ4v) is 3.39. The highest BCUT2D eigenvalue weighted by molar-refractivity contribution is 14.0. The van der Waals surface area contributed by atoms with Crippen LogP contribution in [0.25, 0.3) is 0 Å². The van der Waals surface area contributed by atoms with Gasteiger partial charge in [-0.2, -0.15) is 0 Å². The summed E-state index contributed by atoms with van der Waals surface area (Å²) in [6, 6.07) is 13.8. The molecule has 1 aliphatic heterocycles. The highest BCUT2D eigenvalue weighted by atomic mass is 127. The number of anilines is 2. The standard InChI is InChI=1S/C22H28FN5O2.HI/c1-3-24-22(25-14-21(29)26-17-10-8-16(23)9-11-17)27-18-12-13-28(15-18)19-6-4-5-7-20(19)30-2;/h4-11,18H,3,12-15H2,1-2H3,(H,26,29)(H2,24,25,27);1H. The van der Waals surface area contributed by atoms with Crippen LogP contribution in [0, 0.1) is 5.82 Å². The van der Waals surface area contributed by atoms with Crippen molar-refractivity contribution in [3.05, 3.63) is 54.3 Å². The molecule has 1 saturated heterocycles. The molecule has 1 fully saturated rings. The summed E-state index contributed by atoms with van der Waals surface area (Å²) >= 11 is 0. The molecule has 0 radical (unpaired) electrons. The van der Waals surface area contributed by atoms with Gasteiger partial charge in [-0.3, -0.25) is 4.79 Å². The van der Waals surface area contributed by atoms with Crippen molar-refractivity contribution in [2.75, 3.05) is 43.5 Å². The lowest BCUT2D eigenvalue weighted by atomic mass is 10.2. The van der Waals surface area contributed by atoms with E-state index in [1.165, 1.54) is 24.3 Å². The Bertz CT molecular complexity index is 878. The molecular formula is C22H29FIN5O2. The number of ether oxygens (including phenoxy) is 1. The minimum Gasteiger partial charge on any atom is -0.495 e. The van der Waals surface area contributed by atoms with Crippen molar-refractivity contribution >= 4 is 47.2 Å². The maximum absolute atomic E-state index is 13.0. The molecule has 1 amide bonds. The Morgan fingerprint density at radius 3 is 2.68 bits per heavy atom. The number of benzene rings is 2. The van der Waals surface area contributed by atoms with E-state index in [2.05, 4.69) is 31.9 Å². The molecule has 1 aliphatic rings. The van der Waals surface area contributed by atoms with Gasteiger partial charge < -0.3 is 25.6 Å². The molecule has 2 aromatic rings. The fourth-order valence-electron chi connectivity index (χ4n) is 3.39. The Labute approximate surface area is 199 Å². The first-order chi connectivity index (χ1) is 14.6. The smallest absolute Gasteiger partial charge is 0.246 e. The zero-order chi connectivity index (χ0) is 21.3. The number of carbonyl (C=O) groups is 1. The molecule has 2 aromatic carbocycles. The van der Waals surface area contributed by atoms with Gasteiger partial charge in [0.05, 0.1) is 12.8 Å². The maximum Gasteiger partial charge on any atom is 0.246 e. The number of amides is 1. The van der Waals surface area contributed by atoms with E-state index in [4.69, 9.17) is 4.74 Å². The maximum atomic E-state index is 13.0. The molecule has 168 valence electrons. The number of hydrogen-bond acceptors (Lipinski definition) is 4. The molecule has 0 spiro atoms. The third-order valence-electron chi connectivity index (χ3n) is 4.81. The van der Waals surface area contributed by atoms with Gasteiger partial charge in [-0.05, 0) is 49.7 Å². The van der Waals surface area contributed by atoms with Crippen LogP contribution in [0.15, 0.2) is 53.5 Å². The van der Waals surface area contributed by atoms with Crippen LogP contribution in [-0.4, -0.2) is 51.2 Å². The number of hydrogen-bond donors (Lipinski definition) is 3. The third-order valence-corrected chi connectivity index (χ3v) is 4.81. The molecule has 0 saturated carbocycles. The first-order valence-corrected chi connectivity index (χ1v) is 10.1. The van der Waals surface area contributed by atoms with Gasteiger partial charge in [-0.1, -0.05) is 12.1 Å². The molecule has 1 unspecified atom stereocenters. The first kappa shape index (κ1) is 24.7. The number of nitrogens with zero attached hydrogens (tertiary/aromatic N) is 2. The second-order valence-corrected chi connectivity index (χ2v) is 7.00. The summed E-state index contributed by atoms with van der Waals surface area (Å²) in [6.07, 6.45) is 0.949. The van der Waals surface area contributed by atoms with Crippen LogP contribution in [0.5, 0.6) is 5.75 Å². The van der Waals surface area contributed by atoms with Gasteiger partial charge in [0.1, 0.15) is 18.1 Å². The van der Waals surface area contributed by atoms with E-state index < -0.39 is 0 Å². The average Bonchev–Trinajstić information content (AvgIpc) is 3.22. The van der Waals surface area contributed by atoms with Crippen molar-refractivity contribution in [2.24, 2.45) is 4.99 Å². The van der Waals surface area contributed by atoms with Crippen LogP contribution in [0.2, 0.25) is 0 Å². The number of aliphatic imine (C=N–C) groups is 1. The van der Waals surface area contributed by atoms with E-state index in [0.717, 1.165) is 30.9 Å². The van der Waals surface area contributed by atoms with E-state index in [-0.39, 0.29) is 48.3 Å². The molecule has 1 atom stereocenters. The van der Waals surface area contributed by atoms with Crippen molar-refractivity contribution in [1.29, 1.82) is 0 Å². The van der Waals surface area contributed by atoms with Crippen molar-refractivity contribution in [2.45, 2.75) is 19.4 Å². The molecule has 9 heteroatoms. The predicted molar refractivity (Wildman–Crippen MR) is 133 cm³/mol. The summed E-state index contributed by atoms with van der Waals surface area (Å²) in [4.78, 5) is 18.8. The minimum absolute atomic E-state index is 0. The summed E-state index contributed by atoms with van der Waals surface area (Å²) in [5.41, 5.74) is 1.61. The second kappa shape index (κ2) is 12.3. The van der Waals surface area contributed by atoms with Gasteiger partial charge in [-0.15, -0.1) is 24.0 Å². The van der Waals surface area contributed by atoms with Gasteiger partial charge in [0.2, 0.25) is 5.91 Å². The molecular weight excluding hydrogens is 512 g/mol. The van der Waals surface area contributed by atoms with Crippen LogP contribution in [-0.2, 0) is 4.79 Å². The molecule has 1 heterocycles. The fraction of sp³-hybridized carbons (Fsp3) is 0.364. The lowest BCUT2D eigenvalue weighted by molar-refractivity contribution is -0.114. The predicted octanol–water partition coefficient (Wildman–Crippen LogP) is 3.22. The Kier molecular flexibility index (Phi) is 9.83. The number of guanidine groups is 1. The Balaban J connectivity index is 0.00000341. The molecule has 3 rings (SSSR count). The van der Waals surface area contributed by atoms with Crippen LogP contribution in [0.3, 0.4) is 0 Å². The summed E-state index contributed by atoms with van der Waals surface area (Å²) < 4.78 is 18.4. The van der Waals surface area contributed by atoms with E-state index in [1.54, 1.807) is 7.11 Å². The first-order valence-electron chi connectivity index (χ1n) is 10.1. The highest BCUT2D eigenvalue weighted by Gasteiger charge is 2.25. The lowest BCUT2D eigenvalue weighted by Crippen LogP contribution is -2.45. The van der Waals surface area contributed by atoms with Crippen molar-refractivity contribution in [3.63, 3.8) is 0 Å². The van der Waals surface area contributed by atoms with Crippen molar-refractivity contribution in [3.8, 4) is 5.75 Å². The summed E-state index contributed by atoms with van der Waals surface area (Å²) in [7, 11) is 1.68. The van der Waals surface area contributed by atoms with Crippen molar-refractivity contribution < 1.29 is 13.9 Å². The molecule has 3 N–H and O–H groups in total. The zero-order valence-electron chi connectivity index (χ0n) is 17.7. The van der Waals surface area contributed by atoms with Gasteiger partial charge in [0.15, 0.2) is 5.96 Å². The quantitative estimate of drug-likeness (QED) is 0.285. The number of rotatable bonds is 7. The van der Waals surface area contributed by atoms with Gasteiger partial charge in [-0.25, -0.2) is 9.38 Å². The van der Waals surface area contributed by atoms with E-state index in [1.807, 2.05) is 25.1 Å². The highest BCUT2D eigenvalue weighted by Crippen LogP contribution is 2.30. The number of halogens is 2. The third kappa shape index (κ3) is 7.27. The van der Waals surface area contributed by atoms with Crippen molar-refractivity contribution in [1.82, 2.24) is 10.6 Å². The SMILES string of the molecule is CCNC(=NCC(=O)Nc1ccc(F)cc1)NC1CCN(c2ccccc2OC)C1.I. The molecule has 7 nitrogen and oxygen atoms in total. The normalized spacial score (nSPS) is 15.8. The number of carbonyl (C=O) groups excluding carboxylic acids is 1. The van der Waals surface area contributed by atoms with Crippen LogP contribution in [0.1, 0.15) is 13.3 Å². The van der Waals surface area contributed by atoms with Gasteiger partial charge in [0, 0.05) is 31.4 Å². The molecule has 0 aliphatic carbocycles. The monoisotopic (exact) mass is 541 g/mol. The van der Waals surface area contributed by atoms with E-state index in [9.17, 15) is 9.18 Å². The number of para-hydroxylation sites is 2. The number of methoxy groups -OCH3 is 1. The average molecular weight is 541 g/mol. The lowest BCUT2D eigenvalue weighted by Gasteiger charge is -2.22. The second-order valence-electron chi connectivity index (χ2n) is 7.00. The molecule has 0 bridgehead atoms. The zero-order valence-corrected chi connectivity index (χ0v) is 20.1. The largest absolute Gasteiger partial charge is 0.495 e. The topological polar surface area (TPSA) is 78.0 Å². The summed E-state index contributed by atoms with van der Waals surface area (Å²) in [5.74, 6) is 0.846. The summed E-state index contributed by atoms with van der Waals surface area (Å²) in [6.45, 7) is 4.35. The van der Waals surface area contributed by atoms with E-state index in [0.29, 0.717) is 18.2 Å². The van der Waals surface area contributed by atoms with Crippen LogP contribution >= 0.6 is 24.0 Å². The van der Waals surface area contributed by atoms with Crippen LogP contribution < -0.4 is 25.6 Å². The number of nitrogens with one attached hydrogen (secondary N) is 3. The minimum atomic E-state index is -0.344. The van der Waals surface area contributed by atoms with E-state index >= 15 is 0 Å². The molecule has 0 aromatic heterocycles.